The number of thioether (sulfide) groups is 2. The number of hydrogen-bond donors (Lipinski definition) is 11. The maximum absolute atomic E-state index is 12.7. The van der Waals surface area contributed by atoms with Crippen molar-refractivity contribution >= 4 is 115 Å². The van der Waals surface area contributed by atoms with Crippen molar-refractivity contribution in [2.24, 2.45) is 28.1 Å². The van der Waals surface area contributed by atoms with Crippen LogP contribution in [0, 0.1) is 10.8 Å². The van der Waals surface area contributed by atoms with Gasteiger partial charge in [-0.2, -0.15) is 10.2 Å². The van der Waals surface area contributed by atoms with Crippen molar-refractivity contribution in [2.45, 2.75) is 143 Å². The molecule has 4 aromatic heterocycles. The van der Waals surface area contributed by atoms with Gasteiger partial charge in [0, 0.05) is 46.4 Å². The molecular weight excluding hydrogens is 1040 g/mol. The van der Waals surface area contributed by atoms with Crippen LogP contribution in [0.2, 0.25) is 0 Å². The molecule has 0 saturated heterocycles. The first kappa shape index (κ1) is 61.4. The molecule has 0 spiro atoms. The number of primary amides is 2. The maximum Gasteiger partial charge on any atom is 0.408 e. The summed E-state index contributed by atoms with van der Waals surface area (Å²) in [4.78, 5) is 73.6. The Hall–Kier alpha value is -6.16. The average molecular weight is 1120 g/mol. The van der Waals surface area contributed by atoms with Gasteiger partial charge < -0.3 is 52.7 Å². The Bertz CT molecular complexity index is 2830. The predicted molar refractivity (Wildman–Crippen MR) is 301 cm³/mol. The molecule has 0 aliphatic heterocycles. The molecule has 0 aromatic carbocycles. The Kier molecular flexibility index (Phi) is 19.5. The topological polar surface area (TPSA) is 338 Å². The van der Waals surface area contributed by atoms with Crippen molar-refractivity contribution in [3.05, 3.63) is 59.2 Å². The third kappa shape index (κ3) is 14.8. The highest BCUT2D eigenvalue weighted by Crippen LogP contribution is 2.49. The Morgan fingerprint density at radius 1 is 0.680 bits per heavy atom. The van der Waals surface area contributed by atoms with Gasteiger partial charge in [0.1, 0.15) is 15.5 Å². The number of hydrogen-bond acceptors (Lipinski definition) is 17. The minimum atomic E-state index is -1.10. The van der Waals surface area contributed by atoms with Crippen LogP contribution in [0.4, 0.5) is 21.0 Å². The van der Waals surface area contributed by atoms with Gasteiger partial charge in [0.25, 0.3) is 17.7 Å². The number of anilines is 2. The normalized spacial score (nSPS) is 20.5. The summed E-state index contributed by atoms with van der Waals surface area (Å²) in [5.41, 5.74) is 18.0. The molecule has 412 valence electrons. The zero-order chi connectivity index (χ0) is 56.8. The monoisotopic (exact) mass is 1120 g/mol. The highest BCUT2D eigenvalue weighted by atomic mass is 32.2. The molecule has 2 aliphatic rings. The molecule has 6 rings (SSSR count). The lowest BCUT2D eigenvalue weighted by atomic mass is 9.74. The van der Waals surface area contributed by atoms with Crippen LogP contribution in [0.3, 0.4) is 0 Å². The molecule has 4 atom stereocenters. The van der Waals surface area contributed by atoms with E-state index < -0.39 is 69.0 Å². The van der Waals surface area contributed by atoms with Crippen LogP contribution < -0.4 is 54.9 Å². The minimum absolute atomic E-state index is 0.0456. The lowest BCUT2D eigenvalue weighted by Gasteiger charge is -2.42. The molecule has 4 heterocycles. The number of amides is 5. The molecule has 2 saturated carbocycles. The third-order valence-corrected chi connectivity index (χ3v) is 15.9. The largest absolute Gasteiger partial charge is 0.478 e. The van der Waals surface area contributed by atoms with Crippen molar-refractivity contribution < 1.29 is 43.3 Å². The molecule has 27 heteroatoms. The van der Waals surface area contributed by atoms with E-state index in [9.17, 15) is 33.9 Å². The second-order valence-corrected chi connectivity index (χ2v) is 24.5. The molecule has 23 nitrogen and oxygen atoms in total. The van der Waals surface area contributed by atoms with E-state index >= 15 is 0 Å². The van der Waals surface area contributed by atoms with Gasteiger partial charge in [0.05, 0.1) is 57.1 Å². The number of ether oxygens (including phenoxy) is 2. The van der Waals surface area contributed by atoms with E-state index in [0.717, 1.165) is 0 Å². The number of carbonyl (C=O) groups excluding carboxylic acids is 5. The van der Waals surface area contributed by atoms with Gasteiger partial charge in [0.15, 0.2) is 4.32 Å². The molecule has 2 aliphatic carbocycles. The standard InChI is InChI=1S/C24H35N7O4S2.C22H31N5O5.C2H6N2S2/c1-22(2,3)35-20(34)28-24(6)9-8-16(23(24,4)5)27-17-14(18(25)32)11-26-31-12-13(10-15(17)31)19(33)29-30-21(36)37-7;1-20(2,3)32-19(31)26-22(6)8-7-15(21(22,4)5)25-16-13(17(23)28)10-24-27-11-12(18(29)30)9-14(16)27;1-6-2(5)4-3/h10-12,16,27H,8-9H2,1-7H3,(H2,25,32)(H,28,34)(H,29,33)(H,30,36);9-11,15,25H,7-8H2,1-6H3,(H2,23,28)(H,26,31)(H,29,30);3H2,1H3,(H,4,5)/t16-,24+;15-,22+;/m11./s1. The number of carboxylic acids is 1. The Balaban J connectivity index is 0.000000295. The lowest BCUT2D eigenvalue weighted by molar-refractivity contribution is 0.0371. The fraction of sp³-hybridized carbons (Fsp3) is 0.542. The Morgan fingerprint density at radius 2 is 1.07 bits per heavy atom. The second-order valence-electron chi connectivity index (χ2n) is 21.6. The van der Waals surface area contributed by atoms with Crippen LogP contribution in [-0.4, -0.2) is 116 Å². The number of nitrogens with two attached hydrogens (primary N) is 3. The number of rotatable bonds is 10. The summed E-state index contributed by atoms with van der Waals surface area (Å²) in [6.07, 6.45) is 11.1. The fourth-order valence-electron chi connectivity index (χ4n) is 8.68. The second kappa shape index (κ2) is 23.8. The average Bonchev–Trinajstić information content (AvgIpc) is 4.04. The number of aromatic nitrogens is 4. The van der Waals surface area contributed by atoms with Crippen molar-refractivity contribution in [3.63, 3.8) is 0 Å². The van der Waals surface area contributed by atoms with E-state index in [1.807, 2.05) is 75.5 Å². The van der Waals surface area contributed by atoms with Gasteiger partial charge in [-0.25, -0.2) is 29.3 Å². The number of aromatic carboxylic acids is 1. The smallest absolute Gasteiger partial charge is 0.408 e. The molecule has 0 unspecified atom stereocenters. The Labute approximate surface area is 455 Å². The van der Waals surface area contributed by atoms with Gasteiger partial charge in [-0.1, -0.05) is 75.7 Å². The fourth-order valence-corrected chi connectivity index (χ4v) is 9.00. The van der Waals surface area contributed by atoms with Crippen LogP contribution in [0.25, 0.3) is 11.0 Å². The van der Waals surface area contributed by atoms with Crippen LogP contribution in [0.15, 0.2) is 36.9 Å². The highest BCUT2D eigenvalue weighted by molar-refractivity contribution is 8.22. The van der Waals surface area contributed by atoms with E-state index in [4.69, 9.17) is 39.0 Å². The van der Waals surface area contributed by atoms with Gasteiger partial charge in [0.2, 0.25) is 0 Å². The van der Waals surface area contributed by atoms with Gasteiger partial charge in [-0.15, -0.1) is 0 Å². The molecule has 14 N–H and O–H groups in total. The summed E-state index contributed by atoms with van der Waals surface area (Å²) < 4.78 is 14.9. The number of nitrogens with one attached hydrogen (secondary N) is 7. The number of nitrogens with zero attached hydrogens (tertiary/aromatic N) is 4. The first-order valence-electron chi connectivity index (χ1n) is 23.6. The van der Waals surface area contributed by atoms with E-state index in [0.29, 0.717) is 62.3 Å². The minimum Gasteiger partial charge on any atom is -0.478 e. The molecule has 4 aromatic rings. The zero-order valence-corrected chi connectivity index (χ0v) is 48.1. The number of thiocarbonyl (C=S) groups is 2. The number of carbonyl (C=O) groups is 6. The van der Waals surface area contributed by atoms with Crippen molar-refractivity contribution in [3.8, 4) is 0 Å². The van der Waals surface area contributed by atoms with Crippen molar-refractivity contribution in [1.82, 2.24) is 46.1 Å². The van der Waals surface area contributed by atoms with Crippen molar-refractivity contribution in [2.75, 3.05) is 23.1 Å². The predicted octanol–water partition coefficient (Wildman–Crippen LogP) is 6.31. The van der Waals surface area contributed by atoms with Crippen LogP contribution in [0.1, 0.15) is 150 Å². The molecule has 5 amide bonds. The summed E-state index contributed by atoms with van der Waals surface area (Å²) in [7, 11) is 0. The van der Waals surface area contributed by atoms with E-state index in [1.54, 1.807) is 18.5 Å². The number of fused-ring (bicyclic) bond motifs is 2. The summed E-state index contributed by atoms with van der Waals surface area (Å²) in [5.74, 6) is 2.03. The summed E-state index contributed by atoms with van der Waals surface area (Å²) in [6.45, 7) is 23.0. The first-order chi connectivity index (χ1) is 34.5. The first-order valence-corrected chi connectivity index (χ1v) is 26.9. The zero-order valence-electron chi connectivity index (χ0n) is 44.8. The molecule has 0 radical (unpaired) electrons. The molecule has 2 fully saturated rings. The van der Waals surface area contributed by atoms with E-state index in [2.05, 4.69) is 73.8 Å². The van der Waals surface area contributed by atoms with Gasteiger partial charge in [-0.05, 0) is 106 Å². The van der Waals surface area contributed by atoms with Gasteiger partial charge >= 0.3 is 18.2 Å². The van der Waals surface area contributed by atoms with E-state index in [1.165, 1.54) is 57.2 Å². The molecule has 75 heavy (non-hydrogen) atoms. The summed E-state index contributed by atoms with van der Waals surface area (Å²) in [6, 6.07) is 2.77. The highest BCUT2D eigenvalue weighted by Gasteiger charge is 2.54. The number of hydrazine groups is 2. The number of carboxylic acid groups (broad SMARTS) is 1. The van der Waals surface area contributed by atoms with E-state index in [-0.39, 0.29) is 28.8 Å². The molecular formula is C48H72N14O9S4. The van der Waals surface area contributed by atoms with Crippen LogP contribution in [-0.2, 0) is 9.47 Å². The summed E-state index contributed by atoms with van der Waals surface area (Å²) >= 11 is 12.3. The number of alkyl carbamates (subject to hydrolysis) is 2. The SMILES string of the molecule is CC(C)(C)OC(=O)N[C@@]1(C)CC[C@@H](Nc2c(C(N)=O)cnn3cc(C(=O)O)cc23)C1(C)C.CSC(=S)NN.CSC(=S)NNC(=O)c1cc2c(N[C@@H]3CC[C@](C)(NC(=O)OC(C)(C)C)C3(C)C)c(C(N)=O)cnn2c1. The van der Waals surface area contributed by atoms with Gasteiger partial charge in [-0.3, -0.25) is 25.2 Å². The third-order valence-electron chi connectivity index (χ3n) is 13.7. The van der Waals surface area contributed by atoms with Crippen LogP contribution >= 0.6 is 48.0 Å². The maximum atomic E-state index is 12.7. The molecule has 0 bridgehead atoms. The Morgan fingerprint density at radius 3 is 1.40 bits per heavy atom. The quantitative estimate of drug-likeness (QED) is 0.0470. The summed E-state index contributed by atoms with van der Waals surface area (Å²) in [5, 5.41) is 30.7. The van der Waals surface area contributed by atoms with Crippen molar-refractivity contribution in [1.29, 1.82) is 0 Å². The van der Waals surface area contributed by atoms with Crippen LogP contribution in [0.5, 0.6) is 0 Å². The lowest BCUT2D eigenvalue weighted by Crippen LogP contribution is -2.57.